The molecule has 0 radical (unpaired) electrons. The van der Waals surface area contributed by atoms with Gasteiger partial charge < -0.3 is 5.73 Å². The molecule has 0 spiro atoms. The van der Waals surface area contributed by atoms with Crippen molar-refractivity contribution in [3.63, 3.8) is 0 Å². The van der Waals surface area contributed by atoms with Crippen LogP contribution in [-0.4, -0.2) is 11.9 Å². The molecular formula is C12H11N3OS2. The molecule has 2 aromatic heterocycles. The fraction of sp³-hybridized carbons (Fsp3) is 0.167. The summed E-state index contributed by atoms with van der Waals surface area (Å²) in [7, 11) is 0. The molecule has 0 aromatic carbocycles. The number of nitrogens with one attached hydrogen (secondary N) is 1. The van der Waals surface area contributed by atoms with E-state index in [9.17, 15) is 4.79 Å². The van der Waals surface area contributed by atoms with Gasteiger partial charge in [-0.25, -0.2) is 4.99 Å². The number of carbonyl (C=O) groups excluding carboxylic acids is 1. The smallest absolute Gasteiger partial charge is 0.260 e. The van der Waals surface area contributed by atoms with Gasteiger partial charge in [0.2, 0.25) is 0 Å². The van der Waals surface area contributed by atoms with Crippen LogP contribution in [0.3, 0.4) is 0 Å². The molecule has 0 fully saturated rings. The van der Waals surface area contributed by atoms with Crippen LogP contribution in [0.4, 0.5) is 0 Å². The molecule has 0 aliphatic carbocycles. The van der Waals surface area contributed by atoms with Crippen LogP contribution in [0.5, 0.6) is 0 Å². The summed E-state index contributed by atoms with van der Waals surface area (Å²) in [6.45, 7) is 0. The summed E-state index contributed by atoms with van der Waals surface area (Å²) in [4.78, 5) is 18.7. The number of rotatable bonds is 3. The van der Waals surface area contributed by atoms with Crippen LogP contribution < -0.4 is 11.1 Å². The standard InChI is InChI=1S/C12H11N3OS2/c13-11-14-10(16)12(15-11,9-4-2-6-18-9)7-8-3-1-5-17-8/h1-6H,7H2,(H3,13,14,15,16)/t12-/m1/s1. The lowest BCUT2D eigenvalue weighted by Crippen LogP contribution is -2.39. The van der Waals surface area contributed by atoms with E-state index < -0.39 is 5.54 Å². The lowest BCUT2D eigenvalue weighted by Gasteiger charge is -2.21. The molecule has 4 nitrogen and oxygen atoms in total. The van der Waals surface area contributed by atoms with Gasteiger partial charge >= 0.3 is 0 Å². The van der Waals surface area contributed by atoms with E-state index in [4.69, 9.17) is 5.73 Å². The Morgan fingerprint density at radius 2 is 2.06 bits per heavy atom. The Morgan fingerprint density at radius 1 is 1.28 bits per heavy atom. The van der Waals surface area contributed by atoms with Crippen molar-refractivity contribution in [1.82, 2.24) is 5.32 Å². The van der Waals surface area contributed by atoms with Crippen LogP contribution >= 0.6 is 22.7 Å². The van der Waals surface area contributed by atoms with E-state index in [0.717, 1.165) is 9.75 Å². The predicted molar refractivity (Wildman–Crippen MR) is 73.8 cm³/mol. The summed E-state index contributed by atoms with van der Waals surface area (Å²) in [5.41, 5.74) is 4.78. The third kappa shape index (κ3) is 1.74. The Labute approximate surface area is 112 Å². The highest BCUT2D eigenvalue weighted by Gasteiger charge is 2.45. The number of carbonyl (C=O) groups is 1. The molecule has 2 aromatic rings. The lowest BCUT2D eigenvalue weighted by atomic mass is 9.93. The number of nitrogens with zero attached hydrogens (tertiary/aromatic N) is 1. The fourth-order valence-electron chi connectivity index (χ4n) is 2.06. The fourth-order valence-corrected chi connectivity index (χ4v) is 3.70. The first-order chi connectivity index (χ1) is 8.71. The molecule has 1 atom stereocenters. The second kappa shape index (κ2) is 4.22. The van der Waals surface area contributed by atoms with E-state index >= 15 is 0 Å². The molecule has 6 heteroatoms. The molecule has 3 heterocycles. The van der Waals surface area contributed by atoms with Crippen molar-refractivity contribution in [3.05, 3.63) is 44.8 Å². The maximum atomic E-state index is 12.2. The number of amides is 1. The van der Waals surface area contributed by atoms with Crippen molar-refractivity contribution in [1.29, 1.82) is 0 Å². The summed E-state index contributed by atoms with van der Waals surface area (Å²) in [6.07, 6.45) is 0.553. The highest BCUT2D eigenvalue weighted by Crippen LogP contribution is 2.36. The first-order valence-electron chi connectivity index (χ1n) is 5.44. The van der Waals surface area contributed by atoms with Gasteiger partial charge in [0, 0.05) is 16.2 Å². The number of thiophene rings is 2. The molecule has 0 saturated heterocycles. The number of aliphatic imine (C=N–C) groups is 1. The number of hydrogen-bond donors (Lipinski definition) is 2. The molecule has 18 heavy (non-hydrogen) atoms. The summed E-state index contributed by atoms with van der Waals surface area (Å²) < 4.78 is 0. The molecule has 92 valence electrons. The van der Waals surface area contributed by atoms with Crippen LogP contribution in [0.15, 0.2) is 40.0 Å². The summed E-state index contributed by atoms with van der Waals surface area (Å²) >= 11 is 3.15. The number of nitrogens with two attached hydrogens (primary N) is 1. The minimum atomic E-state index is -0.886. The zero-order valence-corrected chi connectivity index (χ0v) is 11.1. The van der Waals surface area contributed by atoms with Crippen LogP contribution in [0, 0.1) is 0 Å². The second-order valence-corrected chi connectivity index (χ2v) is 6.02. The number of hydrogen-bond acceptors (Lipinski definition) is 5. The van der Waals surface area contributed by atoms with E-state index in [2.05, 4.69) is 10.3 Å². The Morgan fingerprint density at radius 3 is 2.61 bits per heavy atom. The third-order valence-corrected chi connectivity index (χ3v) is 4.76. The Kier molecular flexibility index (Phi) is 2.68. The lowest BCUT2D eigenvalue weighted by molar-refractivity contribution is -0.123. The van der Waals surface area contributed by atoms with Crippen molar-refractivity contribution >= 4 is 34.5 Å². The highest BCUT2D eigenvalue weighted by atomic mass is 32.1. The minimum Gasteiger partial charge on any atom is -0.370 e. The predicted octanol–water partition coefficient (Wildman–Crippen LogP) is 1.69. The average Bonchev–Trinajstić information content (AvgIpc) is 3.03. The summed E-state index contributed by atoms with van der Waals surface area (Å²) in [5, 5.41) is 6.55. The van der Waals surface area contributed by atoms with Gasteiger partial charge in [-0.15, -0.1) is 22.7 Å². The van der Waals surface area contributed by atoms with Crippen molar-refractivity contribution in [2.24, 2.45) is 10.7 Å². The largest absolute Gasteiger partial charge is 0.370 e. The van der Waals surface area contributed by atoms with E-state index in [1.807, 2.05) is 35.0 Å². The maximum Gasteiger partial charge on any atom is 0.260 e. The van der Waals surface area contributed by atoms with Gasteiger partial charge in [-0.3, -0.25) is 10.1 Å². The number of guanidine groups is 1. The second-order valence-electron chi connectivity index (χ2n) is 4.04. The van der Waals surface area contributed by atoms with Gasteiger partial charge in [-0.2, -0.15) is 0 Å². The summed E-state index contributed by atoms with van der Waals surface area (Å²) in [5.74, 6) is 0.0563. The SMILES string of the molecule is NC1=N[C@](Cc2cccs2)(c2cccs2)C(=O)N1. The van der Waals surface area contributed by atoms with E-state index in [0.29, 0.717) is 6.42 Å². The van der Waals surface area contributed by atoms with Gasteiger partial charge in [-0.1, -0.05) is 12.1 Å². The van der Waals surface area contributed by atoms with Crippen LogP contribution in [0.2, 0.25) is 0 Å². The maximum absolute atomic E-state index is 12.2. The average molecular weight is 277 g/mol. The van der Waals surface area contributed by atoms with Gasteiger partial charge in [0.05, 0.1) is 0 Å². The highest BCUT2D eigenvalue weighted by molar-refractivity contribution is 7.10. The summed E-state index contributed by atoms with van der Waals surface area (Å²) in [6, 6.07) is 7.84. The van der Waals surface area contributed by atoms with Crippen molar-refractivity contribution in [2.75, 3.05) is 0 Å². The molecule has 0 bridgehead atoms. The van der Waals surface area contributed by atoms with E-state index in [1.165, 1.54) is 11.3 Å². The van der Waals surface area contributed by atoms with Gasteiger partial charge in [-0.05, 0) is 22.9 Å². The molecule has 1 aliphatic rings. The monoisotopic (exact) mass is 277 g/mol. The first-order valence-corrected chi connectivity index (χ1v) is 7.20. The quantitative estimate of drug-likeness (QED) is 0.896. The zero-order valence-electron chi connectivity index (χ0n) is 9.42. The molecule has 0 unspecified atom stereocenters. The Bertz CT molecular complexity index is 589. The third-order valence-electron chi connectivity index (χ3n) is 2.87. The Hall–Kier alpha value is -1.66. The Balaban J connectivity index is 2.07. The van der Waals surface area contributed by atoms with Gasteiger partial charge in [0.15, 0.2) is 11.5 Å². The molecule has 0 saturated carbocycles. The van der Waals surface area contributed by atoms with Crippen molar-refractivity contribution < 1.29 is 4.79 Å². The van der Waals surface area contributed by atoms with E-state index in [-0.39, 0.29) is 11.9 Å². The molecular weight excluding hydrogens is 266 g/mol. The van der Waals surface area contributed by atoms with Crippen LogP contribution in [-0.2, 0) is 16.8 Å². The molecule has 3 N–H and O–H groups in total. The van der Waals surface area contributed by atoms with Gasteiger partial charge in [0.1, 0.15) is 0 Å². The molecule has 1 amide bonds. The topological polar surface area (TPSA) is 67.5 Å². The van der Waals surface area contributed by atoms with Gasteiger partial charge in [0.25, 0.3) is 5.91 Å². The van der Waals surface area contributed by atoms with Crippen molar-refractivity contribution in [3.8, 4) is 0 Å². The first kappa shape index (κ1) is 11.4. The minimum absolute atomic E-state index is 0.143. The van der Waals surface area contributed by atoms with Crippen molar-refractivity contribution in [2.45, 2.75) is 12.0 Å². The van der Waals surface area contributed by atoms with Crippen LogP contribution in [0.1, 0.15) is 9.75 Å². The molecule has 1 aliphatic heterocycles. The van der Waals surface area contributed by atoms with Crippen LogP contribution in [0.25, 0.3) is 0 Å². The molecule has 3 rings (SSSR count). The van der Waals surface area contributed by atoms with E-state index in [1.54, 1.807) is 11.3 Å². The normalized spacial score (nSPS) is 22.9. The zero-order chi connectivity index (χ0) is 12.6.